The van der Waals surface area contributed by atoms with Gasteiger partial charge in [0.05, 0.1) is 0 Å². The van der Waals surface area contributed by atoms with Gasteiger partial charge in [-0.15, -0.1) is 0 Å². The van der Waals surface area contributed by atoms with Crippen LogP contribution in [0.3, 0.4) is 0 Å². The fraction of sp³-hybridized carbons (Fsp3) is 0.200. The van der Waals surface area contributed by atoms with Crippen LogP contribution in [0, 0.1) is 0 Å². The van der Waals surface area contributed by atoms with Gasteiger partial charge in [-0.05, 0) is 36.9 Å². The van der Waals surface area contributed by atoms with E-state index in [4.69, 9.17) is 11.5 Å². The Morgan fingerprint density at radius 2 is 2.00 bits per heavy atom. The Hall–Kier alpha value is -1.44. The van der Waals surface area contributed by atoms with Crippen LogP contribution in [0.15, 0.2) is 48.4 Å². The quantitative estimate of drug-likeness (QED) is 0.623. The summed E-state index contributed by atoms with van der Waals surface area (Å²) in [7, 11) is 0. The molecule has 0 rings (SSSR count). The molecule has 0 atom stereocenters. The predicted octanol–water partition coefficient (Wildman–Crippen LogP) is 1.82. The van der Waals surface area contributed by atoms with Gasteiger partial charge in [0.25, 0.3) is 0 Å². The average molecular weight is 164 g/mol. The van der Waals surface area contributed by atoms with Gasteiger partial charge in [-0.25, -0.2) is 0 Å². The van der Waals surface area contributed by atoms with Crippen LogP contribution in [0.1, 0.15) is 13.3 Å². The van der Waals surface area contributed by atoms with Gasteiger partial charge in [0.2, 0.25) is 0 Å². The molecular formula is C10H16N2. The Morgan fingerprint density at radius 1 is 1.33 bits per heavy atom. The molecule has 0 heterocycles. The first-order valence-corrected chi connectivity index (χ1v) is 3.82. The number of allylic oxidation sites excluding steroid dienone is 5. The minimum Gasteiger partial charge on any atom is -0.404 e. The average Bonchev–Trinajstić information content (AvgIpc) is 2.12. The van der Waals surface area contributed by atoms with Gasteiger partial charge in [-0.1, -0.05) is 24.8 Å². The second-order valence-electron chi connectivity index (χ2n) is 2.46. The smallest absolute Gasteiger partial charge is 0.00267 e. The van der Waals surface area contributed by atoms with Crippen LogP contribution in [0.5, 0.6) is 0 Å². The van der Waals surface area contributed by atoms with E-state index < -0.39 is 0 Å². The Labute approximate surface area is 73.9 Å². The molecule has 2 nitrogen and oxygen atoms in total. The maximum Gasteiger partial charge on any atom is -0.00267 e. The van der Waals surface area contributed by atoms with Crippen molar-refractivity contribution in [3.63, 3.8) is 0 Å². The second-order valence-corrected chi connectivity index (χ2v) is 2.46. The molecule has 0 aromatic heterocycles. The summed E-state index contributed by atoms with van der Waals surface area (Å²) in [4.78, 5) is 0. The molecular weight excluding hydrogens is 148 g/mol. The lowest BCUT2D eigenvalue weighted by molar-refractivity contribution is 1.25. The van der Waals surface area contributed by atoms with Gasteiger partial charge in [0, 0.05) is 0 Å². The van der Waals surface area contributed by atoms with E-state index in [0.29, 0.717) is 0 Å². The van der Waals surface area contributed by atoms with Crippen LogP contribution in [-0.4, -0.2) is 0 Å². The zero-order valence-corrected chi connectivity index (χ0v) is 7.46. The van der Waals surface area contributed by atoms with Crippen LogP contribution in [0.25, 0.3) is 0 Å². The normalized spacial score (nSPS) is 13.8. The summed E-state index contributed by atoms with van der Waals surface area (Å²) in [6.45, 7) is 5.57. The van der Waals surface area contributed by atoms with E-state index in [-0.39, 0.29) is 0 Å². The molecule has 0 aromatic rings. The topological polar surface area (TPSA) is 52.0 Å². The first kappa shape index (κ1) is 10.6. The number of hydrogen-bond donors (Lipinski definition) is 2. The van der Waals surface area contributed by atoms with Crippen LogP contribution in [0.4, 0.5) is 0 Å². The molecule has 0 saturated carbocycles. The molecule has 0 saturated heterocycles. The number of hydrogen-bond acceptors (Lipinski definition) is 2. The lowest BCUT2D eigenvalue weighted by Crippen LogP contribution is -1.84. The highest BCUT2D eigenvalue weighted by molar-refractivity contribution is 5.22. The van der Waals surface area contributed by atoms with Crippen molar-refractivity contribution in [2.24, 2.45) is 11.5 Å². The van der Waals surface area contributed by atoms with Gasteiger partial charge in [0.15, 0.2) is 0 Å². The maximum absolute atomic E-state index is 5.33. The van der Waals surface area contributed by atoms with Crippen LogP contribution in [-0.2, 0) is 0 Å². The summed E-state index contributed by atoms with van der Waals surface area (Å²) < 4.78 is 0. The van der Waals surface area contributed by atoms with Crippen molar-refractivity contribution >= 4 is 0 Å². The van der Waals surface area contributed by atoms with Crippen LogP contribution in [0.2, 0.25) is 0 Å². The van der Waals surface area contributed by atoms with E-state index in [1.165, 1.54) is 0 Å². The summed E-state index contributed by atoms with van der Waals surface area (Å²) in [5, 5.41) is 0. The van der Waals surface area contributed by atoms with E-state index in [9.17, 15) is 0 Å². The van der Waals surface area contributed by atoms with Crippen LogP contribution < -0.4 is 11.5 Å². The fourth-order valence-electron chi connectivity index (χ4n) is 0.656. The van der Waals surface area contributed by atoms with E-state index in [2.05, 4.69) is 6.58 Å². The van der Waals surface area contributed by atoms with Crippen molar-refractivity contribution < 1.29 is 0 Å². The highest BCUT2D eigenvalue weighted by Crippen LogP contribution is 2.02. The predicted molar refractivity (Wildman–Crippen MR) is 54.2 cm³/mol. The third kappa shape index (κ3) is 4.39. The Morgan fingerprint density at radius 3 is 2.42 bits per heavy atom. The molecule has 0 bridgehead atoms. The molecule has 12 heavy (non-hydrogen) atoms. The summed E-state index contributed by atoms with van der Waals surface area (Å²) in [6.07, 6.45) is 9.61. The first-order valence-electron chi connectivity index (χ1n) is 3.82. The highest BCUT2D eigenvalue weighted by atomic mass is 14.5. The van der Waals surface area contributed by atoms with E-state index in [1.807, 2.05) is 19.1 Å². The fourth-order valence-corrected chi connectivity index (χ4v) is 0.656. The Balaban J connectivity index is 3.98. The lowest BCUT2D eigenvalue weighted by atomic mass is 10.2. The third-order valence-corrected chi connectivity index (χ3v) is 1.47. The van der Waals surface area contributed by atoms with E-state index in [0.717, 1.165) is 17.6 Å². The number of rotatable bonds is 4. The zero-order valence-electron chi connectivity index (χ0n) is 7.46. The molecule has 0 aliphatic carbocycles. The van der Waals surface area contributed by atoms with Crippen molar-refractivity contribution in [3.8, 4) is 0 Å². The van der Waals surface area contributed by atoms with Crippen molar-refractivity contribution in [1.29, 1.82) is 0 Å². The minimum atomic E-state index is 0.797. The third-order valence-electron chi connectivity index (χ3n) is 1.47. The molecule has 2 heteroatoms. The van der Waals surface area contributed by atoms with Gasteiger partial charge in [0.1, 0.15) is 0 Å². The summed E-state index contributed by atoms with van der Waals surface area (Å²) in [5.74, 6) is 0. The van der Waals surface area contributed by atoms with E-state index in [1.54, 1.807) is 18.5 Å². The monoisotopic (exact) mass is 164 g/mol. The molecule has 0 fully saturated rings. The molecule has 0 spiro atoms. The highest BCUT2D eigenvalue weighted by Gasteiger charge is 1.85. The molecule has 0 aromatic carbocycles. The van der Waals surface area contributed by atoms with Gasteiger partial charge >= 0.3 is 0 Å². The summed E-state index contributed by atoms with van der Waals surface area (Å²) in [6, 6.07) is 0. The second kappa shape index (κ2) is 6.28. The van der Waals surface area contributed by atoms with E-state index >= 15 is 0 Å². The van der Waals surface area contributed by atoms with Crippen LogP contribution >= 0.6 is 0 Å². The Kier molecular flexibility index (Phi) is 5.53. The SMILES string of the molecule is C=C/C(=C\N)C/C=C\C(C)=C/N. The van der Waals surface area contributed by atoms with Crippen molar-refractivity contribution in [1.82, 2.24) is 0 Å². The van der Waals surface area contributed by atoms with Gasteiger partial charge in [-0.3, -0.25) is 0 Å². The lowest BCUT2D eigenvalue weighted by Gasteiger charge is -1.93. The first-order chi connectivity index (χ1) is 5.74. The largest absolute Gasteiger partial charge is 0.404 e. The molecule has 0 radical (unpaired) electrons. The zero-order chi connectivity index (χ0) is 9.40. The van der Waals surface area contributed by atoms with Gasteiger partial charge in [-0.2, -0.15) is 0 Å². The molecule has 0 unspecified atom stereocenters. The van der Waals surface area contributed by atoms with Crippen molar-refractivity contribution in [3.05, 3.63) is 48.4 Å². The standard InChI is InChI=1S/C10H16N2/c1-3-10(8-12)6-4-5-9(2)7-11/h3-5,7-8H,1,6,11-12H2,2H3/b5-4-,9-7-,10-8+. The minimum absolute atomic E-state index is 0.797. The van der Waals surface area contributed by atoms with Crippen molar-refractivity contribution in [2.75, 3.05) is 0 Å². The van der Waals surface area contributed by atoms with Gasteiger partial charge < -0.3 is 11.5 Å². The molecule has 0 aliphatic heterocycles. The molecule has 4 N–H and O–H groups in total. The maximum atomic E-state index is 5.33. The molecule has 0 amide bonds. The Bertz CT molecular complexity index is 222. The number of nitrogens with two attached hydrogens (primary N) is 2. The summed E-state index contributed by atoms with van der Waals surface area (Å²) in [5.41, 5.74) is 12.7. The van der Waals surface area contributed by atoms with Crippen molar-refractivity contribution in [2.45, 2.75) is 13.3 Å². The molecule has 0 aliphatic rings. The summed E-state index contributed by atoms with van der Waals surface area (Å²) >= 11 is 0. The molecule has 66 valence electrons.